The van der Waals surface area contributed by atoms with Crippen LogP contribution in [-0.2, 0) is 5.66 Å². The molecule has 0 N–H and O–H groups in total. The molecular formula is C51H26N4O+2. The van der Waals surface area contributed by atoms with Crippen molar-refractivity contribution in [1.82, 2.24) is 8.97 Å². The summed E-state index contributed by atoms with van der Waals surface area (Å²) in [4.78, 5) is 0. The third-order valence-electron chi connectivity index (χ3n) is 13.7. The highest BCUT2D eigenvalue weighted by atomic mass is 16.5. The molecule has 5 nitrogen and oxygen atoms in total. The first kappa shape index (κ1) is 27.1. The minimum absolute atomic E-state index is 0.759. The second-order valence-corrected chi connectivity index (χ2v) is 16.0. The number of fused-ring (bicyclic) bond motifs is 14. The summed E-state index contributed by atoms with van der Waals surface area (Å²) in [6, 6.07) is 56.6. The van der Waals surface area contributed by atoms with Gasteiger partial charge in [0.05, 0.1) is 11.6 Å². The van der Waals surface area contributed by atoms with Crippen molar-refractivity contribution in [2.24, 2.45) is 0 Å². The van der Waals surface area contributed by atoms with Crippen LogP contribution in [0.5, 0.6) is 11.5 Å². The van der Waals surface area contributed by atoms with Gasteiger partial charge in [-0.3, -0.25) is 0 Å². The normalized spacial score (nSPS) is 16.4. The Bertz CT molecular complexity index is 4090. The Kier molecular flexibility index (Phi) is 4.15. The minimum Gasteiger partial charge on any atom is -0.456 e. The number of imidazole rings is 1. The van der Waals surface area contributed by atoms with E-state index >= 15 is 0 Å². The molecule has 16 rings (SSSR count). The smallest absolute Gasteiger partial charge is 0.319 e. The number of ether oxygens (including phenoxy) is 1. The standard InChI is InChI=1S/C51H26N4O/c1-2-17-36-29(13-1)33-22-24-40-47-49(33)53(36)41-20-5-6-25-52(41)51(47)46-39(56-40)23-21-32-35-26-28-12-9-15-31-30-14-7-10-27-11-8-16-34(42(27)30)44(43(28)31)48(35)54-37-18-3-4-19-38(37)55(51)50(54)45(32)46/h1-26H/q+2. The summed E-state index contributed by atoms with van der Waals surface area (Å²) in [7, 11) is 0. The van der Waals surface area contributed by atoms with Crippen LogP contribution in [0.15, 0.2) is 158 Å². The molecule has 3 aliphatic heterocycles. The van der Waals surface area contributed by atoms with E-state index in [0.717, 1.165) is 17.3 Å². The van der Waals surface area contributed by atoms with Crippen LogP contribution in [0.25, 0.3) is 109 Å². The molecule has 0 bridgehead atoms. The Morgan fingerprint density at radius 1 is 0.464 bits per heavy atom. The van der Waals surface area contributed by atoms with E-state index in [9.17, 15) is 0 Å². The van der Waals surface area contributed by atoms with Crippen molar-refractivity contribution in [2.45, 2.75) is 5.66 Å². The fourth-order valence-electron chi connectivity index (χ4n) is 12.0. The zero-order valence-electron chi connectivity index (χ0n) is 29.7. The van der Waals surface area contributed by atoms with Crippen LogP contribution < -0.4 is 13.9 Å². The Hall–Kier alpha value is -7.50. The van der Waals surface area contributed by atoms with E-state index < -0.39 is 5.66 Å². The summed E-state index contributed by atoms with van der Waals surface area (Å²) in [6.45, 7) is 0. The molecule has 1 spiro atoms. The van der Waals surface area contributed by atoms with Crippen LogP contribution in [0, 0.1) is 0 Å². The van der Waals surface area contributed by atoms with Crippen LogP contribution >= 0.6 is 0 Å². The first-order valence-corrected chi connectivity index (χ1v) is 19.5. The lowest BCUT2D eigenvalue weighted by molar-refractivity contribution is -0.946. The lowest BCUT2D eigenvalue weighted by atomic mass is 9.82. The Morgan fingerprint density at radius 3 is 2.05 bits per heavy atom. The maximum atomic E-state index is 7.13. The van der Waals surface area contributed by atoms with Gasteiger partial charge < -0.3 is 4.74 Å². The largest absolute Gasteiger partial charge is 0.456 e. The van der Waals surface area contributed by atoms with Gasteiger partial charge in [-0.1, -0.05) is 84.9 Å². The van der Waals surface area contributed by atoms with Crippen LogP contribution in [0.1, 0.15) is 11.1 Å². The molecule has 4 aromatic heterocycles. The molecular weight excluding hydrogens is 685 g/mol. The summed E-state index contributed by atoms with van der Waals surface area (Å²) in [6.07, 6.45) is 2.29. The van der Waals surface area contributed by atoms with Crippen LogP contribution in [-0.4, -0.2) is 8.97 Å². The highest BCUT2D eigenvalue weighted by Gasteiger charge is 2.65. The van der Waals surface area contributed by atoms with Gasteiger partial charge >= 0.3 is 11.3 Å². The molecule has 7 heterocycles. The highest BCUT2D eigenvalue weighted by Crippen LogP contribution is 2.58. The summed E-state index contributed by atoms with van der Waals surface area (Å²) in [5, 5.41) is 16.6. The Morgan fingerprint density at radius 2 is 1.16 bits per heavy atom. The van der Waals surface area contributed by atoms with Gasteiger partial charge in [-0.2, -0.15) is 18.1 Å². The van der Waals surface area contributed by atoms with Gasteiger partial charge in [0.2, 0.25) is 0 Å². The SMILES string of the molecule is c1cc[n+]2c(c1)-n1c3ccccc3c3ccc4c(c31)C21c2c(ccc3c5cc6cccc7c8cccc9cccc(c98)c(c67)c5n5c6ccccc6[n+]1c5c23)O4. The molecule has 0 fully saturated rings. The molecule has 0 aliphatic carbocycles. The topological polar surface area (TPSA) is 26.3 Å². The van der Waals surface area contributed by atoms with Gasteiger partial charge in [0.1, 0.15) is 33.7 Å². The lowest BCUT2D eigenvalue weighted by Gasteiger charge is -2.36. The first-order chi connectivity index (χ1) is 27.8. The molecule has 0 amide bonds. The summed E-state index contributed by atoms with van der Waals surface area (Å²) in [5.41, 5.74) is 8.88. The zero-order valence-corrected chi connectivity index (χ0v) is 29.7. The van der Waals surface area contributed by atoms with Crippen molar-refractivity contribution in [1.29, 1.82) is 0 Å². The van der Waals surface area contributed by atoms with Crippen LogP contribution in [0.3, 0.4) is 0 Å². The Labute approximate surface area is 317 Å². The van der Waals surface area contributed by atoms with E-state index in [1.165, 1.54) is 114 Å². The minimum atomic E-state index is -0.759. The third kappa shape index (κ3) is 2.57. The molecule has 254 valence electrons. The summed E-state index contributed by atoms with van der Waals surface area (Å²) < 4.78 is 17.4. The number of hydrogen-bond acceptors (Lipinski definition) is 1. The van der Waals surface area contributed by atoms with E-state index in [2.05, 4.69) is 176 Å². The fourth-order valence-corrected chi connectivity index (χ4v) is 12.0. The van der Waals surface area contributed by atoms with E-state index in [0.29, 0.717) is 0 Å². The predicted molar refractivity (Wildman–Crippen MR) is 224 cm³/mol. The van der Waals surface area contributed by atoms with Crippen molar-refractivity contribution in [3.05, 3.63) is 169 Å². The molecule has 5 heteroatoms. The van der Waals surface area contributed by atoms with E-state index in [4.69, 9.17) is 4.74 Å². The number of para-hydroxylation sites is 3. The molecule has 1 atom stereocenters. The second-order valence-electron chi connectivity index (χ2n) is 16.0. The zero-order chi connectivity index (χ0) is 35.8. The number of hydrogen-bond donors (Lipinski definition) is 0. The van der Waals surface area contributed by atoms with Gasteiger partial charge in [0, 0.05) is 38.4 Å². The molecule has 56 heavy (non-hydrogen) atoms. The Balaban J connectivity index is 1.25. The van der Waals surface area contributed by atoms with Crippen molar-refractivity contribution in [3.63, 3.8) is 0 Å². The van der Waals surface area contributed by atoms with Gasteiger partial charge in [-0.05, 0) is 93.0 Å². The second kappa shape index (κ2) is 8.57. The molecule has 0 radical (unpaired) electrons. The maximum absolute atomic E-state index is 7.13. The molecule has 9 aromatic carbocycles. The first-order valence-electron chi connectivity index (χ1n) is 19.5. The number of aromatic nitrogens is 4. The number of pyridine rings is 2. The average molecular weight is 711 g/mol. The molecule has 0 saturated heterocycles. The number of rotatable bonds is 0. The predicted octanol–water partition coefficient (Wildman–Crippen LogP) is 11.2. The monoisotopic (exact) mass is 710 g/mol. The van der Waals surface area contributed by atoms with Crippen LogP contribution in [0.2, 0.25) is 0 Å². The van der Waals surface area contributed by atoms with Crippen molar-refractivity contribution in [3.8, 4) is 17.3 Å². The molecule has 3 aliphatic rings. The van der Waals surface area contributed by atoms with Crippen molar-refractivity contribution in [2.75, 3.05) is 0 Å². The molecule has 0 saturated carbocycles. The summed E-state index contributed by atoms with van der Waals surface area (Å²) in [5.74, 6) is 2.95. The van der Waals surface area contributed by atoms with E-state index in [-0.39, 0.29) is 0 Å². The summed E-state index contributed by atoms with van der Waals surface area (Å²) >= 11 is 0. The van der Waals surface area contributed by atoms with Gasteiger partial charge in [0.25, 0.3) is 5.82 Å². The fraction of sp³-hybridized carbons (Fsp3) is 0.0196. The van der Waals surface area contributed by atoms with Gasteiger partial charge in [-0.15, -0.1) is 0 Å². The molecule has 13 aromatic rings. The molecule has 1 unspecified atom stereocenters. The third-order valence-corrected chi connectivity index (χ3v) is 13.7. The van der Waals surface area contributed by atoms with E-state index in [1.807, 2.05) is 0 Å². The number of nitrogens with zero attached hydrogens (tertiary/aromatic N) is 4. The highest BCUT2D eigenvalue weighted by molar-refractivity contribution is 6.39. The van der Waals surface area contributed by atoms with Crippen LogP contribution in [0.4, 0.5) is 0 Å². The lowest BCUT2D eigenvalue weighted by Crippen LogP contribution is -2.75. The van der Waals surface area contributed by atoms with E-state index in [1.54, 1.807) is 0 Å². The quantitative estimate of drug-likeness (QED) is 0.0874. The maximum Gasteiger partial charge on any atom is 0.319 e. The van der Waals surface area contributed by atoms with Crippen molar-refractivity contribution >= 4 is 103 Å². The van der Waals surface area contributed by atoms with Crippen molar-refractivity contribution < 1.29 is 13.9 Å². The van der Waals surface area contributed by atoms with Gasteiger partial charge in [-0.25, -0.2) is 0 Å². The number of benzene rings is 9. The average Bonchev–Trinajstić information content (AvgIpc) is 3.89. The van der Waals surface area contributed by atoms with Gasteiger partial charge in [0.15, 0.2) is 16.6 Å².